The van der Waals surface area contributed by atoms with E-state index >= 15 is 0 Å². The van der Waals surface area contributed by atoms with E-state index in [1.165, 1.54) is 0 Å². The smallest absolute Gasteiger partial charge is 0.324 e. The summed E-state index contributed by atoms with van der Waals surface area (Å²) < 4.78 is 5.08. The van der Waals surface area contributed by atoms with Crippen molar-refractivity contribution < 1.29 is 14.6 Å². The number of carboxylic acid groups (broad SMARTS) is 1. The highest BCUT2D eigenvalue weighted by molar-refractivity contribution is 5.79. The third-order valence-corrected chi connectivity index (χ3v) is 4.05. The van der Waals surface area contributed by atoms with Crippen LogP contribution in [0.4, 0.5) is 0 Å². The largest absolute Gasteiger partial charge is 0.480 e. The second-order valence-corrected chi connectivity index (χ2v) is 5.09. The van der Waals surface area contributed by atoms with Gasteiger partial charge in [0.25, 0.3) is 0 Å². The lowest BCUT2D eigenvalue weighted by Gasteiger charge is -2.44. The highest BCUT2D eigenvalue weighted by atomic mass is 16.5. The fourth-order valence-corrected chi connectivity index (χ4v) is 2.78. The maximum Gasteiger partial charge on any atom is 0.324 e. The first kappa shape index (κ1) is 14.5. The number of likely N-dealkylation sites (N-methyl/N-ethyl adjacent to an activating group) is 1. The molecule has 1 N–H and O–H groups in total. The molecule has 4 heteroatoms. The molecule has 17 heavy (non-hydrogen) atoms. The first-order chi connectivity index (χ1) is 8.06. The summed E-state index contributed by atoms with van der Waals surface area (Å²) in [7, 11) is 1.66. The molecule has 100 valence electrons. The number of hydrogen-bond acceptors (Lipinski definition) is 3. The van der Waals surface area contributed by atoms with Crippen molar-refractivity contribution in [2.45, 2.75) is 45.1 Å². The Labute approximate surface area is 104 Å². The van der Waals surface area contributed by atoms with Gasteiger partial charge in [-0.25, -0.2) is 0 Å². The van der Waals surface area contributed by atoms with Crippen LogP contribution in [0.3, 0.4) is 0 Å². The van der Waals surface area contributed by atoms with Gasteiger partial charge >= 0.3 is 5.97 Å². The fraction of sp³-hybridized carbons (Fsp3) is 0.923. The van der Waals surface area contributed by atoms with Crippen molar-refractivity contribution in [3.8, 4) is 0 Å². The second kappa shape index (κ2) is 6.36. The number of carbonyl (C=O) groups is 1. The van der Waals surface area contributed by atoms with Crippen molar-refractivity contribution in [1.82, 2.24) is 4.90 Å². The van der Waals surface area contributed by atoms with Crippen molar-refractivity contribution in [3.63, 3.8) is 0 Å². The molecule has 0 aromatic carbocycles. The molecule has 0 bridgehead atoms. The lowest BCUT2D eigenvalue weighted by Crippen LogP contribution is -2.57. The maximum atomic E-state index is 11.7. The van der Waals surface area contributed by atoms with Gasteiger partial charge in [0, 0.05) is 13.7 Å². The van der Waals surface area contributed by atoms with E-state index in [0.29, 0.717) is 19.1 Å². The Hall–Kier alpha value is -0.610. The molecular weight excluding hydrogens is 218 g/mol. The number of nitrogens with zero attached hydrogens (tertiary/aromatic N) is 1. The molecule has 1 saturated carbocycles. The molecule has 1 aliphatic carbocycles. The van der Waals surface area contributed by atoms with Crippen LogP contribution in [-0.2, 0) is 9.53 Å². The highest BCUT2D eigenvalue weighted by Crippen LogP contribution is 2.36. The van der Waals surface area contributed by atoms with Gasteiger partial charge in [0.1, 0.15) is 5.54 Å². The summed E-state index contributed by atoms with van der Waals surface area (Å²) in [5.41, 5.74) is -0.653. The van der Waals surface area contributed by atoms with E-state index in [-0.39, 0.29) is 0 Å². The maximum absolute atomic E-state index is 11.7. The molecule has 0 unspecified atom stereocenters. The fourth-order valence-electron chi connectivity index (χ4n) is 2.78. The zero-order valence-corrected chi connectivity index (χ0v) is 11.2. The molecule has 0 aromatic heterocycles. The van der Waals surface area contributed by atoms with Gasteiger partial charge in [-0.2, -0.15) is 0 Å². The first-order valence-electron chi connectivity index (χ1n) is 6.54. The summed E-state index contributed by atoms with van der Waals surface area (Å²) in [4.78, 5) is 13.7. The van der Waals surface area contributed by atoms with Crippen LogP contribution in [0.5, 0.6) is 0 Å². The minimum atomic E-state index is -0.664. The van der Waals surface area contributed by atoms with Gasteiger partial charge in [-0.15, -0.1) is 0 Å². The molecule has 0 heterocycles. The Morgan fingerprint density at radius 2 is 2.06 bits per heavy atom. The highest BCUT2D eigenvalue weighted by Gasteiger charge is 2.45. The molecule has 0 amide bonds. The summed E-state index contributed by atoms with van der Waals surface area (Å²) in [5, 5.41) is 9.59. The van der Waals surface area contributed by atoms with E-state index in [4.69, 9.17) is 4.74 Å². The van der Waals surface area contributed by atoms with Gasteiger partial charge in [0.05, 0.1) is 6.61 Å². The van der Waals surface area contributed by atoms with Crippen LogP contribution in [0.25, 0.3) is 0 Å². The predicted molar refractivity (Wildman–Crippen MR) is 67.1 cm³/mol. The van der Waals surface area contributed by atoms with Crippen molar-refractivity contribution in [2.24, 2.45) is 5.92 Å². The normalized spacial score (nSPS) is 29.5. The molecule has 0 aliphatic heterocycles. The van der Waals surface area contributed by atoms with Gasteiger partial charge < -0.3 is 9.84 Å². The third kappa shape index (κ3) is 3.19. The number of hydrogen-bond donors (Lipinski definition) is 1. The quantitative estimate of drug-likeness (QED) is 0.775. The first-order valence-corrected chi connectivity index (χ1v) is 6.54. The minimum Gasteiger partial charge on any atom is -0.480 e. The molecule has 0 saturated heterocycles. The Balaban J connectivity index is 2.78. The van der Waals surface area contributed by atoms with E-state index in [9.17, 15) is 9.90 Å². The van der Waals surface area contributed by atoms with Crippen molar-refractivity contribution in [1.29, 1.82) is 0 Å². The van der Waals surface area contributed by atoms with Crippen LogP contribution in [0, 0.1) is 5.92 Å². The summed E-state index contributed by atoms with van der Waals surface area (Å²) in [6.07, 6.45) is 3.55. The summed E-state index contributed by atoms with van der Waals surface area (Å²) in [5.74, 6) is -0.00837. The van der Waals surface area contributed by atoms with Gasteiger partial charge in [-0.3, -0.25) is 9.69 Å². The zero-order chi connectivity index (χ0) is 12.9. The number of methoxy groups -OCH3 is 1. The summed E-state index contributed by atoms with van der Waals surface area (Å²) in [6.45, 7) is 6.30. The van der Waals surface area contributed by atoms with Crippen molar-refractivity contribution in [3.05, 3.63) is 0 Å². The molecule has 0 spiro atoms. The van der Waals surface area contributed by atoms with E-state index in [1.807, 2.05) is 6.92 Å². The van der Waals surface area contributed by atoms with E-state index in [2.05, 4.69) is 11.8 Å². The Morgan fingerprint density at radius 1 is 1.47 bits per heavy atom. The van der Waals surface area contributed by atoms with E-state index in [0.717, 1.165) is 32.2 Å². The molecule has 0 atom stereocenters. The van der Waals surface area contributed by atoms with Crippen molar-refractivity contribution in [2.75, 3.05) is 26.8 Å². The summed E-state index contributed by atoms with van der Waals surface area (Å²) >= 11 is 0. The van der Waals surface area contributed by atoms with Crippen molar-refractivity contribution >= 4 is 5.97 Å². The molecule has 1 rings (SSSR count). The molecule has 1 aliphatic rings. The third-order valence-electron chi connectivity index (χ3n) is 4.05. The SMILES string of the molecule is CCN(CCOC)C1(C(=O)O)CCC(C)CC1. The molecule has 0 radical (unpaired) electrons. The van der Waals surface area contributed by atoms with Gasteiger partial charge in [-0.05, 0) is 38.1 Å². The van der Waals surface area contributed by atoms with E-state index in [1.54, 1.807) is 7.11 Å². The monoisotopic (exact) mass is 243 g/mol. The van der Waals surface area contributed by atoms with E-state index < -0.39 is 11.5 Å². The van der Waals surface area contributed by atoms with Crippen LogP contribution < -0.4 is 0 Å². The molecular formula is C13H25NO3. The van der Waals surface area contributed by atoms with Crippen LogP contribution >= 0.6 is 0 Å². The molecule has 1 fully saturated rings. The van der Waals surface area contributed by atoms with Crippen LogP contribution in [0.2, 0.25) is 0 Å². The lowest BCUT2D eigenvalue weighted by atomic mass is 9.76. The Kier molecular flexibility index (Phi) is 5.40. The van der Waals surface area contributed by atoms with Gasteiger partial charge in [0.15, 0.2) is 0 Å². The second-order valence-electron chi connectivity index (χ2n) is 5.09. The predicted octanol–water partition coefficient (Wildman–Crippen LogP) is 1.99. The van der Waals surface area contributed by atoms with Crippen LogP contribution in [0.15, 0.2) is 0 Å². The number of carboxylic acids is 1. The molecule has 0 aromatic rings. The average molecular weight is 243 g/mol. The van der Waals surface area contributed by atoms with Gasteiger partial charge in [0.2, 0.25) is 0 Å². The zero-order valence-electron chi connectivity index (χ0n) is 11.2. The number of rotatable bonds is 6. The average Bonchev–Trinajstić information content (AvgIpc) is 2.32. The molecule has 4 nitrogen and oxygen atoms in total. The Morgan fingerprint density at radius 3 is 2.47 bits per heavy atom. The van der Waals surface area contributed by atoms with Crippen LogP contribution in [0.1, 0.15) is 39.5 Å². The van der Waals surface area contributed by atoms with Gasteiger partial charge in [-0.1, -0.05) is 13.8 Å². The Bertz CT molecular complexity index is 247. The standard InChI is InChI=1S/C13H25NO3/c1-4-14(9-10-17-3)13(12(15)16)7-5-11(2)6-8-13/h11H,4-10H2,1-3H3,(H,15,16). The van der Waals surface area contributed by atoms with Crippen LogP contribution in [-0.4, -0.2) is 48.3 Å². The minimum absolute atomic E-state index is 0.596. The summed E-state index contributed by atoms with van der Waals surface area (Å²) in [6, 6.07) is 0. The number of aliphatic carboxylic acids is 1. The lowest BCUT2D eigenvalue weighted by molar-refractivity contribution is -0.155. The number of ether oxygens (including phenoxy) is 1. The topological polar surface area (TPSA) is 49.8 Å².